The number of nitrogens with one attached hydrogen (secondary N) is 1. The van der Waals surface area contributed by atoms with Gasteiger partial charge in [-0.25, -0.2) is 12.8 Å². The minimum Gasteiger partial charge on any atom is -0.497 e. The fourth-order valence-electron chi connectivity index (χ4n) is 2.43. The summed E-state index contributed by atoms with van der Waals surface area (Å²) in [5, 5.41) is 2.65. The molecule has 0 saturated carbocycles. The van der Waals surface area contributed by atoms with Crippen LogP contribution in [0.1, 0.15) is 11.1 Å². The molecule has 6 nitrogen and oxygen atoms in total. The van der Waals surface area contributed by atoms with E-state index in [9.17, 15) is 17.6 Å². The molecule has 0 saturated heterocycles. The van der Waals surface area contributed by atoms with Crippen molar-refractivity contribution in [3.8, 4) is 5.75 Å². The van der Waals surface area contributed by atoms with Gasteiger partial charge < -0.3 is 10.1 Å². The number of benzene rings is 2. The van der Waals surface area contributed by atoms with E-state index in [4.69, 9.17) is 4.74 Å². The van der Waals surface area contributed by atoms with Crippen LogP contribution in [0.5, 0.6) is 5.75 Å². The molecule has 0 spiro atoms. The SMILES string of the molecule is COc1ccc(CCN(CC(=O)NCc2ccc(F)cc2)S(C)(=O)=O)cc1. The molecule has 0 bridgehead atoms. The lowest BCUT2D eigenvalue weighted by Crippen LogP contribution is -2.41. The zero-order valence-electron chi connectivity index (χ0n) is 15.3. The monoisotopic (exact) mass is 394 g/mol. The van der Waals surface area contributed by atoms with Crippen molar-refractivity contribution in [2.24, 2.45) is 0 Å². The van der Waals surface area contributed by atoms with Crippen molar-refractivity contribution < 1.29 is 22.3 Å². The van der Waals surface area contributed by atoms with E-state index in [1.165, 1.54) is 12.1 Å². The average Bonchev–Trinajstić information content (AvgIpc) is 2.64. The van der Waals surface area contributed by atoms with Crippen LogP contribution in [-0.4, -0.2) is 45.1 Å². The number of rotatable bonds is 9. The number of sulfonamides is 1. The number of halogens is 1. The van der Waals surface area contributed by atoms with Gasteiger partial charge in [0.1, 0.15) is 11.6 Å². The van der Waals surface area contributed by atoms with Crippen LogP contribution in [0.15, 0.2) is 48.5 Å². The molecule has 1 N–H and O–H groups in total. The van der Waals surface area contributed by atoms with Crippen molar-refractivity contribution in [3.05, 3.63) is 65.5 Å². The molecule has 146 valence electrons. The lowest BCUT2D eigenvalue weighted by atomic mass is 10.1. The molecular formula is C19H23FN2O4S. The Hall–Kier alpha value is -2.45. The van der Waals surface area contributed by atoms with Crippen molar-refractivity contribution >= 4 is 15.9 Å². The van der Waals surface area contributed by atoms with Crippen LogP contribution in [-0.2, 0) is 27.8 Å². The summed E-state index contributed by atoms with van der Waals surface area (Å²) >= 11 is 0. The van der Waals surface area contributed by atoms with Crippen LogP contribution in [0.2, 0.25) is 0 Å². The molecule has 0 aliphatic heterocycles. The molecule has 2 rings (SSSR count). The van der Waals surface area contributed by atoms with Crippen molar-refractivity contribution in [2.75, 3.05) is 26.5 Å². The highest BCUT2D eigenvalue weighted by Gasteiger charge is 2.19. The number of ether oxygens (including phenoxy) is 1. The molecular weight excluding hydrogens is 371 g/mol. The van der Waals surface area contributed by atoms with E-state index in [0.717, 1.165) is 27.4 Å². The second-order valence-corrected chi connectivity index (χ2v) is 8.08. The molecule has 0 unspecified atom stereocenters. The third kappa shape index (κ3) is 6.99. The minimum atomic E-state index is -3.53. The van der Waals surface area contributed by atoms with Gasteiger partial charge in [0.2, 0.25) is 15.9 Å². The van der Waals surface area contributed by atoms with Gasteiger partial charge in [0.05, 0.1) is 19.9 Å². The predicted octanol–water partition coefficient (Wildman–Crippen LogP) is 1.95. The molecule has 0 fully saturated rings. The maximum Gasteiger partial charge on any atom is 0.235 e. The fraction of sp³-hybridized carbons (Fsp3) is 0.316. The van der Waals surface area contributed by atoms with E-state index in [2.05, 4.69) is 5.32 Å². The highest BCUT2D eigenvalue weighted by molar-refractivity contribution is 7.88. The number of hydrogen-bond donors (Lipinski definition) is 1. The van der Waals surface area contributed by atoms with E-state index >= 15 is 0 Å². The molecule has 2 aromatic carbocycles. The number of methoxy groups -OCH3 is 1. The normalized spacial score (nSPS) is 11.4. The summed E-state index contributed by atoms with van der Waals surface area (Å²) in [7, 11) is -1.96. The Morgan fingerprint density at radius 2 is 1.67 bits per heavy atom. The van der Waals surface area contributed by atoms with Gasteiger partial charge in [-0.15, -0.1) is 0 Å². The lowest BCUT2D eigenvalue weighted by Gasteiger charge is -2.19. The molecule has 0 radical (unpaired) electrons. The van der Waals surface area contributed by atoms with Gasteiger partial charge in [-0.3, -0.25) is 4.79 Å². The molecule has 0 aliphatic rings. The van der Waals surface area contributed by atoms with Crippen LogP contribution in [0.3, 0.4) is 0 Å². The maximum atomic E-state index is 12.9. The number of nitrogens with zero attached hydrogens (tertiary/aromatic N) is 1. The first kappa shape index (κ1) is 20.9. The van der Waals surface area contributed by atoms with E-state index in [0.29, 0.717) is 6.42 Å². The van der Waals surface area contributed by atoms with Crippen molar-refractivity contribution in [1.82, 2.24) is 9.62 Å². The number of hydrogen-bond acceptors (Lipinski definition) is 4. The Morgan fingerprint density at radius 3 is 2.22 bits per heavy atom. The van der Waals surface area contributed by atoms with E-state index in [-0.39, 0.29) is 25.5 Å². The van der Waals surface area contributed by atoms with Crippen molar-refractivity contribution in [3.63, 3.8) is 0 Å². The summed E-state index contributed by atoms with van der Waals surface area (Å²) in [6.07, 6.45) is 1.55. The third-order valence-corrected chi connectivity index (χ3v) is 5.25. The summed E-state index contributed by atoms with van der Waals surface area (Å²) in [6.45, 7) is 0.126. The standard InChI is InChI=1S/C19H23FN2O4S/c1-26-18-9-5-15(6-10-18)11-12-22(27(2,24)25)14-19(23)21-13-16-3-7-17(20)8-4-16/h3-10H,11-14H2,1-2H3,(H,21,23). The fourth-order valence-corrected chi connectivity index (χ4v) is 3.20. The van der Waals surface area contributed by atoms with Gasteiger partial charge in [-0.1, -0.05) is 24.3 Å². The average molecular weight is 394 g/mol. The second-order valence-electron chi connectivity index (χ2n) is 6.10. The largest absolute Gasteiger partial charge is 0.497 e. The summed E-state index contributed by atoms with van der Waals surface area (Å²) in [6, 6.07) is 13.0. The molecule has 27 heavy (non-hydrogen) atoms. The van der Waals surface area contributed by atoms with E-state index < -0.39 is 15.9 Å². The minimum absolute atomic E-state index is 0.190. The lowest BCUT2D eigenvalue weighted by molar-refractivity contribution is -0.121. The third-order valence-electron chi connectivity index (χ3n) is 4.00. The van der Waals surface area contributed by atoms with Crippen LogP contribution in [0.25, 0.3) is 0 Å². The predicted molar refractivity (Wildman–Crippen MR) is 101 cm³/mol. The topological polar surface area (TPSA) is 75.7 Å². The number of amides is 1. The van der Waals surface area contributed by atoms with Crippen LogP contribution >= 0.6 is 0 Å². The first-order valence-corrected chi connectivity index (χ1v) is 10.2. The van der Waals surface area contributed by atoms with Crippen molar-refractivity contribution in [1.29, 1.82) is 0 Å². The van der Waals surface area contributed by atoms with Crippen LogP contribution in [0.4, 0.5) is 4.39 Å². The van der Waals surface area contributed by atoms with Crippen molar-refractivity contribution in [2.45, 2.75) is 13.0 Å². The Bertz CT molecular complexity index is 852. The summed E-state index contributed by atoms with van der Waals surface area (Å²) in [5.74, 6) is -0.0507. The Morgan fingerprint density at radius 1 is 1.07 bits per heavy atom. The number of carbonyl (C=O) groups is 1. The Labute approximate surface area is 159 Å². The van der Waals surface area contributed by atoms with Gasteiger partial charge in [-0.2, -0.15) is 4.31 Å². The molecule has 2 aromatic rings. The summed E-state index contributed by atoms with van der Waals surface area (Å²) in [5.41, 5.74) is 1.67. The molecule has 8 heteroatoms. The van der Waals surface area contributed by atoms with Gasteiger partial charge in [0.15, 0.2) is 0 Å². The van der Waals surface area contributed by atoms with E-state index in [1.54, 1.807) is 31.4 Å². The highest BCUT2D eigenvalue weighted by Crippen LogP contribution is 2.12. The molecule has 0 atom stereocenters. The number of carbonyl (C=O) groups excluding carboxylic acids is 1. The van der Waals surface area contributed by atoms with Crippen LogP contribution < -0.4 is 10.1 Å². The molecule has 0 aromatic heterocycles. The Balaban J connectivity index is 1.90. The summed E-state index contributed by atoms with van der Waals surface area (Å²) in [4.78, 5) is 12.1. The van der Waals surface area contributed by atoms with Gasteiger partial charge in [0, 0.05) is 13.1 Å². The zero-order chi connectivity index (χ0) is 19.9. The van der Waals surface area contributed by atoms with E-state index in [1.807, 2.05) is 12.1 Å². The maximum absolute atomic E-state index is 12.9. The smallest absolute Gasteiger partial charge is 0.235 e. The van der Waals surface area contributed by atoms with Gasteiger partial charge in [-0.05, 0) is 41.8 Å². The second kappa shape index (κ2) is 9.48. The molecule has 1 amide bonds. The van der Waals surface area contributed by atoms with Gasteiger partial charge in [0.25, 0.3) is 0 Å². The highest BCUT2D eigenvalue weighted by atomic mass is 32.2. The Kier molecular flexibility index (Phi) is 7.32. The summed E-state index contributed by atoms with van der Waals surface area (Å²) < 4.78 is 43.1. The first-order chi connectivity index (χ1) is 12.8. The zero-order valence-corrected chi connectivity index (χ0v) is 16.1. The molecule has 0 aliphatic carbocycles. The molecule has 0 heterocycles. The quantitative estimate of drug-likeness (QED) is 0.705. The van der Waals surface area contributed by atoms with Crippen LogP contribution in [0, 0.1) is 5.82 Å². The van der Waals surface area contributed by atoms with Gasteiger partial charge >= 0.3 is 0 Å². The first-order valence-electron chi connectivity index (χ1n) is 8.37.